The van der Waals surface area contributed by atoms with Crippen LogP contribution in [0.3, 0.4) is 0 Å². The van der Waals surface area contributed by atoms with Crippen molar-refractivity contribution in [1.29, 1.82) is 0 Å². The second-order valence-corrected chi connectivity index (χ2v) is 4.63. The van der Waals surface area contributed by atoms with Gasteiger partial charge in [0.2, 0.25) is 0 Å². The summed E-state index contributed by atoms with van der Waals surface area (Å²) in [5.74, 6) is 0.671. The largest absolute Gasteiger partial charge is 0.492 e. The molecule has 112 valence electrons. The fraction of sp³-hybridized carbons (Fsp3) is 0.133. The van der Waals surface area contributed by atoms with Crippen LogP contribution < -0.4 is 10.5 Å². The Morgan fingerprint density at radius 2 is 2.00 bits per heavy atom. The van der Waals surface area contributed by atoms with Gasteiger partial charge >= 0.3 is 0 Å². The van der Waals surface area contributed by atoms with Crippen LogP contribution in [0.2, 0.25) is 0 Å². The van der Waals surface area contributed by atoms with E-state index in [9.17, 15) is 4.39 Å². The average molecular weight is 299 g/mol. The highest BCUT2D eigenvalue weighted by Crippen LogP contribution is 2.19. The lowest BCUT2D eigenvalue weighted by molar-refractivity contribution is 0.290. The maximum atomic E-state index is 13.8. The van der Waals surface area contributed by atoms with E-state index in [4.69, 9.17) is 10.5 Å². The van der Waals surface area contributed by atoms with E-state index >= 15 is 0 Å². The molecule has 0 bridgehead atoms. The van der Waals surface area contributed by atoms with Gasteiger partial charge in [-0.1, -0.05) is 18.2 Å². The lowest BCUT2D eigenvalue weighted by atomic mass is 10.2. The lowest BCUT2D eigenvalue weighted by Gasteiger charge is -2.08. The molecule has 2 aromatic carbocycles. The molecular formula is C15H14FN5O. The molecule has 3 rings (SSSR count). The Labute approximate surface area is 126 Å². The number of aromatic nitrogens is 4. The summed E-state index contributed by atoms with van der Waals surface area (Å²) < 4.78 is 20.9. The van der Waals surface area contributed by atoms with Crippen LogP contribution in [0, 0.1) is 5.82 Å². The molecule has 0 radical (unpaired) electrons. The number of hydrogen-bond donors (Lipinski definition) is 1. The Morgan fingerprint density at radius 3 is 2.82 bits per heavy atom. The molecule has 0 amide bonds. The molecule has 0 atom stereocenters. The number of tetrazole rings is 1. The highest BCUT2D eigenvalue weighted by Gasteiger charge is 2.12. The van der Waals surface area contributed by atoms with E-state index in [0.29, 0.717) is 36.0 Å². The zero-order valence-corrected chi connectivity index (χ0v) is 11.7. The molecule has 1 aromatic heterocycles. The summed E-state index contributed by atoms with van der Waals surface area (Å²) in [4.78, 5) is 0. The summed E-state index contributed by atoms with van der Waals surface area (Å²) in [6.07, 6.45) is 0. The molecule has 1 heterocycles. The minimum Gasteiger partial charge on any atom is -0.492 e. The van der Waals surface area contributed by atoms with Gasteiger partial charge < -0.3 is 10.5 Å². The summed E-state index contributed by atoms with van der Waals surface area (Å²) in [6.45, 7) is 0.738. The second-order valence-electron chi connectivity index (χ2n) is 4.63. The average Bonchev–Trinajstić information content (AvgIpc) is 2.96. The maximum absolute atomic E-state index is 13.8. The van der Waals surface area contributed by atoms with Crippen molar-refractivity contribution in [3.05, 3.63) is 54.3 Å². The van der Waals surface area contributed by atoms with Crippen LogP contribution >= 0.6 is 0 Å². The number of rotatable bonds is 5. The van der Waals surface area contributed by atoms with Crippen molar-refractivity contribution in [3.8, 4) is 17.1 Å². The van der Waals surface area contributed by atoms with Crippen LogP contribution in [0.15, 0.2) is 48.5 Å². The molecule has 0 saturated carbocycles. The third-order valence-electron chi connectivity index (χ3n) is 3.08. The number of anilines is 1. The van der Waals surface area contributed by atoms with Gasteiger partial charge in [0.05, 0.1) is 12.1 Å². The van der Waals surface area contributed by atoms with Gasteiger partial charge in [-0.3, -0.25) is 0 Å². The molecule has 0 saturated heterocycles. The SMILES string of the molecule is Nc1cccc(OCCn2nnnc2-c2ccccc2F)c1. The minimum absolute atomic E-state index is 0.343. The van der Waals surface area contributed by atoms with E-state index < -0.39 is 0 Å². The molecule has 0 unspecified atom stereocenters. The van der Waals surface area contributed by atoms with Gasteiger partial charge in [0, 0.05) is 11.8 Å². The van der Waals surface area contributed by atoms with Gasteiger partial charge in [-0.2, -0.15) is 0 Å². The zero-order valence-electron chi connectivity index (χ0n) is 11.7. The monoisotopic (exact) mass is 299 g/mol. The third kappa shape index (κ3) is 3.03. The Kier molecular flexibility index (Phi) is 3.95. The van der Waals surface area contributed by atoms with E-state index in [1.54, 1.807) is 30.3 Å². The molecule has 0 aliphatic rings. The van der Waals surface area contributed by atoms with Crippen LogP contribution in [0.25, 0.3) is 11.4 Å². The van der Waals surface area contributed by atoms with Crippen molar-refractivity contribution < 1.29 is 9.13 Å². The van der Waals surface area contributed by atoms with Crippen LogP contribution in [0.1, 0.15) is 0 Å². The van der Waals surface area contributed by atoms with E-state index in [1.807, 2.05) is 12.1 Å². The van der Waals surface area contributed by atoms with Gasteiger partial charge in [0.1, 0.15) is 18.2 Å². The highest BCUT2D eigenvalue weighted by atomic mass is 19.1. The number of nitrogen functional groups attached to an aromatic ring is 1. The Hall–Kier alpha value is -2.96. The Morgan fingerprint density at radius 1 is 1.14 bits per heavy atom. The van der Waals surface area contributed by atoms with E-state index in [-0.39, 0.29) is 5.82 Å². The zero-order chi connectivity index (χ0) is 15.4. The fourth-order valence-corrected chi connectivity index (χ4v) is 2.05. The quantitative estimate of drug-likeness (QED) is 0.730. The topological polar surface area (TPSA) is 78.9 Å². The number of ether oxygens (including phenoxy) is 1. The first-order chi connectivity index (χ1) is 10.7. The molecule has 0 aliphatic heterocycles. The van der Waals surface area contributed by atoms with Crippen LogP contribution in [-0.2, 0) is 6.54 Å². The number of benzene rings is 2. The molecule has 22 heavy (non-hydrogen) atoms. The van der Waals surface area contributed by atoms with Crippen LogP contribution in [0.5, 0.6) is 5.75 Å². The highest BCUT2D eigenvalue weighted by molar-refractivity contribution is 5.55. The minimum atomic E-state index is -0.365. The lowest BCUT2D eigenvalue weighted by Crippen LogP contribution is -2.11. The van der Waals surface area contributed by atoms with Crippen molar-refractivity contribution in [2.75, 3.05) is 12.3 Å². The van der Waals surface area contributed by atoms with Crippen molar-refractivity contribution in [3.63, 3.8) is 0 Å². The molecule has 2 N–H and O–H groups in total. The number of nitrogens with two attached hydrogens (primary N) is 1. The maximum Gasteiger partial charge on any atom is 0.185 e. The van der Waals surface area contributed by atoms with Gasteiger partial charge in [0.25, 0.3) is 0 Å². The number of halogens is 1. The fourth-order valence-electron chi connectivity index (χ4n) is 2.05. The molecule has 3 aromatic rings. The number of nitrogens with zero attached hydrogens (tertiary/aromatic N) is 4. The smallest absolute Gasteiger partial charge is 0.185 e. The van der Waals surface area contributed by atoms with Crippen LogP contribution in [0.4, 0.5) is 10.1 Å². The first kappa shape index (κ1) is 14.0. The summed E-state index contributed by atoms with van der Waals surface area (Å²) >= 11 is 0. The van der Waals surface area contributed by atoms with Gasteiger partial charge in [-0.05, 0) is 34.7 Å². The van der Waals surface area contributed by atoms with E-state index in [2.05, 4.69) is 15.5 Å². The first-order valence-corrected chi connectivity index (χ1v) is 6.73. The predicted molar refractivity (Wildman–Crippen MR) is 79.6 cm³/mol. The molecule has 6 nitrogen and oxygen atoms in total. The summed E-state index contributed by atoms with van der Waals surface area (Å²) in [7, 11) is 0. The molecule has 7 heteroatoms. The second kappa shape index (κ2) is 6.21. The Balaban J connectivity index is 1.70. The van der Waals surface area contributed by atoms with E-state index in [0.717, 1.165) is 0 Å². The predicted octanol–water partition coefficient (Wildman–Crippen LogP) is 2.14. The van der Waals surface area contributed by atoms with Crippen molar-refractivity contribution in [2.45, 2.75) is 6.54 Å². The van der Waals surface area contributed by atoms with Gasteiger partial charge in [-0.15, -0.1) is 5.10 Å². The number of hydrogen-bond acceptors (Lipinski definition) is 5. The first-order valence-electron chi connectivity index (χ1n) is 6.73. The normalized spacial score (nSPS) is 10.6. The van der Waals surface area contributed by atoms with Crippen molar-refractivity contribution in [1.82, 2.24) is 20.2 Å². The molecule has 0 aliphatic carbocycles. The Bertz CT molecular complexity index is 774. The molecule has 0 spiro atoms. The summed E-state index contributed by atoms with van der Waals surface area (Å²) in [5, 5.41) is 11.3. The summed E-state index contributed by atoms with van der Waals surface area (Å²) in [6, 6.07) is 13.5. The van der Waals surface area contributed by atoms with Crippen molar-refractivity contribution >= 4 is 5.69 Å². The van der Waals surface area contributed by atoms with E-state index in [1.165, 1.54) is 10.7 Å². The third-order valence-corrected chi connectivity index (χ3v) is 3.08. The van der Waals surface area contributed by atoms with Crippen LogP contribution in [-0.4, -0.2) is 26.8 Å². The summed E-state index contributed by atoms with van der Waals surface area (Å²) in [5.41, 5.74) is 6.67. The molecule has 0 fully saturated rings. The standard InChI is InChI=1S/C15H14FN5O/c16-14-7-2-1-6-13(14)15-18-19-20-21(15)8-9-22-12-5-3-4-11(17)10-12/h1-7,10H,8-9,17H2. The van der Waals surface area contributed by atoms with Crippen molar-refractivity contribution in [2.24, 2.45) is 0 Å². The van der Waals surface area contributed by atoms with Gasteiger partial charge in [0.15, 0.2) is 5.82 Å². The van der Waals surface area contributed by atoms with Gasteiger partial charge in [-0.25, -0.2) is 9.07 Å². The molecular weight excluding hydrogens is 285 g/mol.